The van der Waals surface area contributed by atoms with Crippen molar-refractivity contribution in [3.8, 4) is 22.6 Å². The first-order valence-corrected chi connectivity index (χ1v) is 11.1. The zero-order chi connectivity index (χ0) is 23.6. The van der Waals surface area contributed by atoms with Crippen LogP contribution in [0.4, 0.5) is 0 Å². The van der Waals surface area contributed by atoms with Gasteiger partial charge in [0.15, 0.2) is 6.61 Å². The molecule has 0 unspecified atom stereocenters. The van der Waals surface area contributed by atoms with Crippen LogP contribution in [0.3, 0.4) is 0 Å². The number of hydrazone groups is 1. The number of nitrogens with one attached hydrogen (secondary N) is 1. The molecule has 4 rings (SSSR count). The van der Waals surface area contributed by atoms with Gasteiger partial charge >= 0.3 is 0 Å². The minimum Gasteiger partial charge on any atom is -0.489 e. The van der Waals surface area contributed by atoms with Crippen LogP contribution < -0.4 is 14.9 Å². The Bertz CT molecular complexity index is 1260. The van der Waals surface area contributed by atoms with Crippen LogP contribution in [0.1, 0.15) is 11.1 Å². The lowest BCUT2D eigenvalue weighted by molar-refractivity contribution is -0.123. The Balaban J connectivity index is 1.26. The maximum Gasteiger partial charge on any atom is 0.277 e. The molecule has 1 amide bonds. The van der Waals surface area contributed by atoms with Crippen molar-refractivity contribution < 1.29 is 14.3 Å². The lowest BCUT2D eigenvalue weighted by Crippen LogP contribution is -2.24. The number of nitrogens with zero attached hydrogens (tertiary/aromatic N) is 1. The van der Waals surface area contributed by atoms with Gasteiger partial charge in [-0.25, -0.2) is 5.43 Å². The third kappa shape index (κ3) is 6.47. The van der Waals surface area contributed by atoms with Gasteiger partial charge in [0.2, 0.25) is 0 Å². The van der Waals surface area contributed by atoms with Crippen LogP contribution >= 0.6 is 11.6 Å². The molecule has 0 bridgehead atoms. The highest BCUT2D eigenvalue weighted by Crippen LogP contribution is 2.29. The molecule has 6 heteroatoms. The molecule has 0 heterocycles. The summed E-state index contributed by atoms with van der Waals surface area (Å²) in [6, 6.07) is 32.4. The van der Waals surface area contributed by atoms with Gasteiger partial charge in [-0.1, -0.05) is 78.3 Å². The van der Waals surface area contributed by atoms with E-state index in [0.29, 0.717) is 23.1 Å². The first-order chi connectivity index (χ1) is 16.7. The van der Waals surface area contributed by atoms with Crippen molar-refractivity contribution in [3.63, 3.8) is 0 Å². The number of ether oxygens (including phenoxy) is 2. The lowest BCUT2D eigenvalue weighted by Gasteiger charge is -2.10. The van der Waals surface area contributed by atoms with Crippen LogP contribution in [0, 0.1) is 0 Å². The summed E-state index contributed by atoms with van der Waals surface area (Å²) >= 11 is 6.15. The fourth-order valence-electron chi connectivity index (χ4n) is 3.23. The van der Waals surface area contributed by atoms with E-state index in [1.165, 1.54) is 0 Å². The highest BCUT2D eigenvalue weighted by atomic mass is 35.5. The number of hydrogen-bond donors (Lipinski definition) is 1. The summed E-state index contributed by atoms with van der Waals surface area (Å²) in [6.45, 7) is 0.243. The molecule has 34 heavy (non-hydrogen) atoms. The topological polar surface area (TPSA) is 59.9 Å². The number of para-hydroxylation sites is 1. The molecule has 4 aromatic rings. The molecule has 0 saturated heterocycles. The largest absolute Gasteiger partial charge is 0.489 e. The van der Waals surface area contributed by atoms with E-state index in [1.807, 2.05) is 103 Å². The summed E-state index contributed by atoms with van der Waals surface area (Å²) in [6.07, 6.45) is 1.56. The number of halogens is 1. The molecule has 0 aromatic heterocycles. The molecule has 170 valence electrons. The third-order valence-electron chi connectivity index (χ3n) is 4.97. The van der Waals surface area contributed by atoms with Gasteiger partial charge in [-0.2, -0.15) is 5.10 Å². The summed E-state index contributed by atoms with van der Waals surface area (Å²) in [5.41, 5.74) is 6.18. The number of benzene rings is 4. The van der Waals surface area contributed by atoms with Crippen LogP contribution in [-0.4, -0.2) is 18.7 Å². The predicted octanol–water partition coefficient (Wildman–Crippen LogP) is 6.12. The van der Waals surface area contributed by atoms with Crippen molar-refractivity contribution in [3.05, 3.63) is 119 Å². The van der Waals surface area contributed by atoms with Crippen LogP contribution in [0.5, 0.6) is 11.5 Å². The second-order valence-electron chi connectivity index (χ2n) is 7.39. The number of amides is 1. The first-order valence-electron chi connectivity index (χ1n) is 10.7. The molecule has 0 aliphatic heterocycles. The molecule has 1 N–H and O–H groups in total. The fraction of sp³-hybridized carbons (Fsp3) is 0.0714. The Kier molecular flexibility index (Phi) is 7.93. The highest BCUT2D eigenvalue weighted by molar-refractivity contribution is 6.31. The van der Waals surface area contributed by atoms with E-state index in [9.17, 15) is 4.79 Å². The van der Waals surface area contributed by atoms with Crippen molar-refractivity contribution in [2.24, 2.45) is 5.10 Å². The van der Waals surface area contributed by atoms with E-state index in [-0.39, 0.29) is 12.5 Å². The molecule has 0 radical (unpaired) electrons. The Morgan fingerprint density at radius 1 is 0.824 bits per heavy atom. The number of carbonyl (C=O) groups is 1. The average Bonchev–Trinajstić information content (AvgIpc) is 2.88. The van der Waals surface area contributed by atoms with Gasteiger partial charge in [0.1, 0.15) is 18.1 Å². The first kappa shape index (κ1) is 23.1. The van der Waals surface area contributed by atoms with Crippen LogP contribution in [0.15, 0.2) is 108 Å². The summed E-state index contributed by atoms with van der Waals surface area (Å²) in [4.78, 5) is 12.2. The van der Waals surface area contributed by atoms with Crippen LogP contribution in [-0.2, 0) is 11.4 Å². The Morgan fingerprint density at radius 3 is 2.32 bits per heavy atom. The molecule has 0 aliphatic rings. The highest BCUT2D eigenvalue weighted by Gasteiger charge is 2.08. The molecule has 0 fully saturated rings. The second kappa shape index (κ2) is 11.7. The van der Waals surface area contributed by atoms with Gasteiger partial charge in [0.25, 0.3) is 5.91 Å². The standard InChI is InChI=1S/C28H23ClN2O3/c29-26-12-6-4-10-23(26)19-33-24-16-14-21(15-17-24)18-30-31-28(32)20-34-27-13-7-5-11-25(27)22-8-2-1-3-9-22/h1-18H,19-20H2,(H,31,32)/b30-18+. The normalized spacial score (nSPS) is 10.7. The smallest absolute Gasteiger partial charge is 0.277 e. The SMILES string of the molecule is O=C(COc1ccccc1-c1ccccc1)N/N=C/c1ccc(OCc2ccccc2Cl)cc1. The van der Waals surface area contributed by atoms with Gasteiger partial charge in [0.05, 0.1) is 6.21 Å². The molecule has 0 atom stereocenters. The predicted molar refractivity (Wildman–Crippen MR) is 135 cm³/mol. The van der Waals surface area contributed by atoms with E-state index in [0.717, 1.165) is 22.3 Å². The van der Waals surface area contributed by atoms with Gasteiger partial charge in [-0.3, -0.25) is 4.79 Å². The maximum absolute atomic E-state index is 12.2. The fourth-order valence-corrected chi connectivity index (χ4v) is 3.42. The van der Waals surface area contributed by atoms with E-state index in [2.05, 4.69) is 10.5 Å². The number of carbonyl (C=O) groups excluding carboxylic acids is 1. The van der Waals surface area contributed by atoms with E-state index in [1.54, 1.807) is 6.21 Å². The van der Waals surface area contributed by atoms with Gasteiger partial charge in [0, 0.05) is 16.1 Å². The molecular weight excluding hydrogens is 448 g/mol. The van der Waals surface area contributed by atoms with Gasteiger partial charge < -0.3 is 9.47 Å². The minimum absolute atomic E-state index is 0.143. The van der Waals surface area contributed by atoms with Crippen molar-refractivity contribution in [2.45, 2.75) is 6.61 Å². The van der Waals surface area contributed by atoms with Gasteiger partial charge in [-0.05, 0) is 47.5 Å². The lowest BCUT2D eigenvalue weighted by atomic mass is 10.1. The molecule has 5 nitrogen and oxygen atoms in total. The van der Waals surface area contributed by atoms with Gasteiger partial charge in [-0.15, -0.1) is 0 Å². The summed E-state index contributed by atoms with van der Waals surface area (Å²) in [5.74, 6) is 1.01. The second-order valence-corrected chi connectivity index (χ2v) is 7.80. The van der Waals surface area contributed by atoms with Crippen molar-refractivity contribution in [1.29, 1.82) is 0 Å². The quantitative estimate of drug-likeness (QED) is 0.237. The van der Waals surface area contributed by atoms with Crippen LogP contribution in [0.2, 0.25) is 5.02 Å². The monoisotopic (exact) mass is 470 g/mol. The molecule has 4 aromatic carbocycles. The molecule has 0 aliphatic carbocycles. The van der Waals surface area contributed by atoms with E-state index >= 15 is 0 Å². The zero-order valence-electron chi connectivity index (χ0n) is 18.4. The van der Waals surface area contributed by atoms with Crippen LogP contribution in [0.25, 0.3) is 11.1 Å². The number of rotatable bonds is 9. The van der Waals surface area contributed by atoms with Crippen molar-refractivity contribution >= 4 is 23.7 Å². The Hall–Kier alpha value is -4.09. The maximum atomic E-state index is 12.2. The number of hydrogen-bond acceptors (Lipinski definition) is 4. The third-order valence-corrected chi connectivity index (χ3v) is 5.33. The van der Waals surface area contributed by atoms with E-state index in [4.69, 9.17) is 21.1 Å². The van der Waals surface area contributed by atoms with Crippen molar-refractivity contribution in [1.82, 2.24) is 5.43 Å². The molecule has 0 saturated carbocycles. The van der Waals surface area contributed by atoms with E-state index < -0.39 is 0 Å². The van der Waals surface area contributed by atoms with Crippen molar-refractivity contribution in [2.75, 3.05) is 6.61 Å². The minimum atomic E-state index is -0.348. The summed E-state index contributed by atoms with van der Waals surface area (Å²) < 4.78 is 11.5. The Morgan fingerprint density at radius 2 is 1.53 bits per heavy atom. The summed E-state index contributed by atoms with van der Waals surface area (Å²) in [5, 5.41) is 4.68. The molecular formula is C28H23ClN2O3. The Labute approximate surface area is 203 Å². The summed E-state index contributed by atoms with van der Waals surface area (Å²) in [7, 11) is 0. The molecule has 0 spiro atoms. The average molecular weight is 471 g/mol. The zero-order valence-corrected chi connectivity index (χ0v) is 19.1.